The van der Waals surface area contributed by atoms with Crippen LogP contribution in [0.1, 0.15) is 129 Å². The molecular weight excluding hydrogens is 389 g/mol. The summed E-state index contributed by atoms with van der Waals surface area (Å²) in [6, 6.07) is 0. The van der Waals surface area contributed by atoms with E-state index in [1.807, 2.05) is 21.1 Å². The molecule has 0 bridgehead atoms. The van der Waals surface area contributed by atoms with Crippen molar-refractivity contribution < 1.29 is 13.9 Å². The predicted molar refractivity (Wildman–Crippen MR) is 132 cm³/mol. The Morgan fingerprint density at radius 2 is 1.10 bits per heavy atom. The molecule has 0 saturated carbocycles. The van der Waals surface area contributed by atoms with Gasteiger partial charge in [0.2, 0.25) is 0 Å². The van der Waals surface area contributed by atoms with Crippen molar-refractivity contribution in [3.63, 3.8) is 0 Å². The second kappa shape index (κ2) is 18.3. The van der Waals surface area contributed by atoms with Crippen LogP contribution in [0.2, 0.25) is 0 Å². The summed E-state index contributed by atoms with van der Waals surface area (Å²) in [5, 5.41) is -0.598. The molecular formula is C26H53NO2P+. The van der Waals surface area contributed by atoms with Gasteiger partial charge in [0.05, 0.1) is 21.1 Å². The molecule has 4 heteroatoms. The van der Waals surface area contributed by atoms with E-state index in [0.717, 1.165) is 32.1 Å². The largest absolute Gasteiger partial charge is 0.590 e. The minimum Gasteiger partial charge on any atom is -0.590 e. The lowest BCUT2D eigenvalue weighted by molar-refractivity contribution is -0.910. The molecule has 0 radical (unpaired) electrons. The molecule has 0 spiro atoms. The first-order valence-corrected chi connectivity index (χ1v) is 14.1. The number of rotatable bonds is 21. The third-order valence-corrected chi connectivity index (χ3v) is 8.30. The van der Waals surface area contributed by atoms with Crippen LogP contribution < -0.4 is 4.89 Å². The lowest BCUT2D eigenvalue weighted by Crippen LogP contribution is -2.55. The van der Waals surface area contributed by atoms with Crippen molar-refractivity contribution in [3.8, 4) is 0 Å². The number of allylic oxidation sites excluding steroid dienone is 2. The maximum absolute atomic E-state index is 12.1. The minimum atomic E-state index is -2.43. The van der Waals surface area contributed by atoms with Gasteiger partial charge in [-0.3, -0.25) is 4.48 Å². The van der Waals surface area contributed by atoms with Crippen LogP contribution in [0.5, 0.6) is 0 Å². The maximum Gasteiger partial charge on any atom is 0.376 e. The van der Waals surface area contributed by atoms with Crippen molar-refractivity contribution in [1.29, 1.82) is 0 Å². The average Bonchev–Trinajstić information content (AvgIpc) is 2.68. The fourth-order valence-electron chi connectivity index (χ4n) is 4.46. The molecule has 2 unspecified atom stereocenters. The summed E-state index contributed by atoms with van der Waals surface area (Å²) in [7, 11) is 3.66. The zero-order chi connectivity index (χ0) is 22.7. The second-order valence-corrected chi connectivity index (χ2v) is 11.4. The van der Waals surface area contributed by atoms with Gasteiger partial charge in [-0.25, -0.2) is 0 Å². The Kier molecular flexibility index (Phi) is 18.2. The fourth-order valence-corrected chi connectivity index (χ4v) is 5.69. The van der Waals surface area contributed by atoms with Crippen LogP contribution in [0.25, 0.3) is 0 Å². The molecule has 0 aromatic rings. The summed E-state index contributed by atoms with van der Waals surface area (Å²) in [5.74, 6) is 0. The number of unbranched alkanes of at least 4 members (excludes halogenated alkanes) is 13. The molecule has 178 valence electrons. The Bertz CT molecular complexity index is 445. The smallest absolute Gasteiger partial charge is 0.376 e. The zero-order valence-electron chi connectivity index (χ0n) is 21.1. The van der Waals surface area contributed by atoms with Crippen LogP contribution in [0.4, 0.5) is 0 Å². The standard InChI is InChI=1S/C26H53NO2P/c1-6-8-9-10-11-12-13-14-15-16-17-18-19-20-21-22-23-25-26(24-7-2,30(28)29)27(3,4)5/h17-18H,6-16,19-25H2,1-5H3/q+1/b18-17-. The minimum absolute atomic E-state index is 0.515. The van der Waals surface area contributed by atoms with Gasteiger partial charge in [-0.1, -0.05) is 94.8 Å². The fraction of sp³-hybridized carbons (Fsp3) is 0.923. The molecule has 0 fully saturated rings. The van der Waals surface area contributed by atoms with Gasteiger partial charge in [0.25, 0.3) is 5.28 Å². The lowest BCUT2D eigenvalue weighted by Gasteiger charge is -2.39. The van der Waals surface area contributed by atoms with Gasteiger partial charge >= 0.3 is 8.03 Å². The Morgan fingerprint density at radius 1 is 0.667 bits per heavy atom. The van der Waals surface area contributed by atoms with Crippen LogP contribution in [0.3, 0.4) is 0 Å². The van der Waals surface area contributed by atoms with Gasteiger partial charge in [-0.05, 0) is 38.5 Å². The Balaban J connectivity index is 3.73. The normalized spacial score (nSPS) is 14.9. The average molecular weight is 443 g/mol. The summed E-state index contributed by atoms with van der Waals surface area (Å²) in [6.07, 6.45) is 26.7. The molecule has 0 N–H and O–H groups in total. The third kappa shape index (κ3) is 13.2. The van der Waals surface area contributed by atoms with Gasteiger partial charge in [0.1, 0.15) is 0 Å². The number of hydrogen-bond donors (Lipinski definition) is 0. The molecule has 0 aromatic heterocycles. The van der Waals surface area contributed by atoms with E-state index in [1.54, 1.807) is 0 Å². The monoisotopic (exact) mass is 442 g/mol. The van der Waals surface area contributed by atoms with E-state index in [0.29, 0.717) is 4.48 Å². The van der Waals surface area contributed by atoms with Crippen LogP contribution in [-0.2, 0) is 4.57 Å². The van der Waals surface area contributed by atoms with Crippen molar-refractivity contribution in [2.45, 2.75) is 135 Å². The van der Waals surface area contributed by atoms with Crippen LogP contribution in [0, 0.1) is 0 Å². The molecule has 30 heavy (non-hydrogen) atoms. The van der Waals surface area contributed by atoms with Gasteiger partial charge in [0, 0.05) is 12.8 Å². The van der Waals surface area contributed by atoms with Crippen LogP contribution >= 0.6 is 8.03 Å². The first kappa shape index (κ1) is 29.8. The molecule has 0 amide bonds. The van der Waals surface area contributed by atoms with Gasteiger partial charge in [-0.2, -0.15) is 0 Å². The summed E-state index contributed by atoms with van der Waals surface area (Å²) >= 11 is 0. The third-order valence-electron chi connectivity index (χ3n) is 6.58. The lowest BCUT2D eigenvalue weighted by atomic mass is 9.99. The molecule has 0 aliphatic carbocycles. The van der Waals surface area contributed by atoms with Crippen LogP contribution in [0.15, 0.2) is 12.2 Å². The molecule has 2 atom stereocenters. The van der Waals surface area contributed by atoms with E-state index in [2.05, 4.69) is 26.0 Å². The highest BCUT2D eigenvalue weighted by atomic mass is 31.1. The summed E-state index contributed by atoms with van der Waals surface area (Å²) in [5.41, 5.74) is 0. The van der Waals surface area contributed by atoms with E-state index >= 15 is 0 Å². The van der Waals surface area contributed by atoms with Gasteiger partial charge in [-0.15, -0.1) is 0 Å². The highest BCUT2D eigenvalue weighted by Crippen LogP contribution is 2.45. The highest BCUT2D eigenvalue weighted by molar-refractivity contribution is 7.38. The molecule has 0 aliphatic rings. The van der Waals surface area contributed by atoms with Crippen molar-refractivity contribution in [2.24, 2.45) is 0 Å². The van der Waals surface area contributed by atoms with Crippen molar-refractivity contribution in [3.05, 3.63) is 12.2 Å². The molecule has 0 aliphatic heterocycles. The molecule has 0 saturated heterocycles. The maximum atomic E-state index is 12.1. The van der Waals surface area contributed by atoms with E-state index in [9.17, 15) is 9.46 Å². The van der Waals surface area contributed by atoms with Crippen molar-refractivity contribution in [2.75, 3.05) is 21.1 Å². The Labute approximate surface area is 190 Å². The SMILES string of the molecule is CCCCCCCCCCC/C=C\CCCCCCC(CCC)([P+](=O)[O-])[N+](C)(C)C. The second-order valence-electron chi connectivity index (χ2n) is 10.0. The molecule has 0 aromatic carbocycles. The first-order valence-electron chi connectivity index (χ1n) is 12.9. The molecule has 3 nitrogen and oxygen atoms in total. The number of quaternary nitrogens is 1. The Hall–Kier alpha value is -0.240. The topological polar surface area (TPSA) is 40.1 Å². The van der Waals surface area contributed by atoms with Crippen molar-refractivity contribution in [1.82, 2.24) is 0 Å². The first-order chi connectivity index (χ1) is 14.3. The summed E-state index contributed by atoms with van der Waals surface area (Å²) in [6.45, 7) is 4.36. The number of nitrogens with zero attached hydrogens (tertiary/aromatic N) is 1. The summed E-state index contributed by atoms with van der Waals surface area (Å²) < 4.78 is 12.6. The number of hydrogen-bond acceptors (Lipinski definition) is 2. The highest BCUT2D eigenvalue weighted by Gasteiger charge is 2.53. The van der Waals surface area contributed by atoms with Crippen molar-refractivity contribution >= 4 is 8.03 Å². The van der Waals surface area contributed by atoms with E-state index in [1.165, 1.54) is 83.5 Å². The predicted octanol–water partition coefficient (Wildman–Crippen LogP) is 8.11. The quantitative estimate of drug-likeness (QED) is 0.0779. The molecule has 0 heterocycles. The summed E-state index contributed by atoms with van der Waals surface area (Å²) in [4.78, 5) is 12.1. The zero-order valence-corrected chi connectivity index (χ0v) is 22.0. The van der Waals surface area contributed by atoms with Gasteiger partial charge < -0.3 is 4.89 Å². The van der Waals surface area contributed by atoms with Crippen LogP contribution in [-0.4, -0.2) is 30.9 Å². The van der Waals surface area contributed by atoms with E-state index < -0.39 is 13.3 Å². The Morgan fingerprint density at radius 3 is 1.50 bits per heavy atom. The van der Waals surface area contributed by atoms with E-state index in [-0.39, 0.29) is 0 Å². The molecule has 0 rings (SSSR count). The van der Waals surface area contributed by atoms with E-state index in [4.69, 9.17) is 0 Å². The van der Waals surface area contributed by atoms with Gasteiger partial charge in [0.15, 0.2) is 0 Å².